The molecule has 9 heavy (non-hydrogen) atoms. The molecule has 1 aliphatic rings. The fourth-order valence-corrected chi connectivity index (χ4v) is 0.750. The first-order chi connectivity index (χ1) is 4.38. The van der Waals surface area contributed by atoms with Gasteiger partial charge < -0.3 is 9.47 Å². The number of hydrogen-bond donors (Lipinski definition) is 0. The first kappa shape index (κ1) is 6.20. The molecule has 1 aliphatic heterocycles. The fraction of sp³-hybridized carbons (Fsp3) is 0.429. The average molecular weight is 126 g/mol. The lowest BCUT2D eigenvalue weighted by Crippen LogP contribution is -1.78. The molecule has 1 fully saturated rings. The van der Waals surface area contributed by atoms with E-state index in [4.69, 9.17) is 9.47 Å². The Labute approximate surface area is 54.8 Å². The monoisotopic (exact) mass is 126 g/mol. The molecule has 1 rings (SSSR count). The molecule has 1 saturated heterocycles. The summed E-state index contributed by atoms with van der Waals surface area (Å²) < 4.78 is 10.2. The van der Waals surface area contributed by atoms with Crippen LogP contribution in [0.5, 0.6) is 0 Å². The molecule has 0 unspecified atom stereocenters. The van der Waals surface area contributed by atoms with E-state index in [-0.39, 0.29) is 0 Å². The van der Waals surface area contributed by atoms with Crippen LogP contribution in [0.2, 0.25) is 0 Å². The Kier molecular flexibility index (Phi) is 1.78. The summed E-state index contributed by atoms with van der Waals surface area (Å²) in [6.45, 7) is 4.21. The van der Waals surface area contributed by atoms with Crippen molar-refractivity contribution < 1.29 is 9.47 Å². The Balaban J connectivity index is 2.75. The smallest absolute Gasteiger partial charge is 0.231 e. The van der Waals surface area contributed by atoms with Crippen LogP contribution in [-0.4, -0.2) is 6.79 Å². The molecule has 2 heteroatoms. The minimum atomic E-state index is 0.360. The zero-order chi connectivity index (χ0) is 6.69. The van der Waals surface area contributed by atoms with Crippen molar-refractivity contribution in [2.24, 2.45) is 0 Å². The second-order valence-corrected chi connectivity index (χ2v) is 1.71. The third-order valence-corrected chi connectivity index (χ3v) is 1.20. The Hall–Kier alpha value is -0.920. The SMILES string of the molecule is C/C=C1\OCO\C1=C/C. The van der Waals surface area contributed by atoms with E-state index >= 15 is 0 Å². The first-order valence-corrected chi connectivity index (χ1v) is 2.97. The van der Waals surface area contributed by atoms with Crippen molar-refractivity contribution in [3.63, 3.8) is 0 Å². The van der Waals surface area contributed by atoms with Gasteiger partial charge in [-0.25, -0.2) is 0 Å². The Morgan fingerprint density at radius 1 is 1.11 bits per heavy atom. The number of rotatable bonds is 0. The van der Waals surface area contributed by atoms with Crippen molar-refractivity contribution in [1.29, 1.82) is 0 Å². The quantitative estimate of drug-likeness (QED) is 0.492. The van der Waals surface area contributed by atoms with Gasteiger partial charge in [0.2, 0.25) is 6.79 Å². The predicted molar refractivity (Wildman–Crippen MR) is 34.6 cm³/mol. The molecule has 0 aromatic rings. The highest BCUT2D eigenvalue weighted by Gasteiger charge is 2.12. The molecular weight excluding hydrogens is 116 g/mol. The van der Waals surface area contributed by atoms with Gasteiger partial charge in [-0.1, -0.05) is 0 Å². The highest BCUT2D eigenvalue weighted by molar-refractivity contribution is 5.20. The average Bonchev–Trinajstić information content (AvgIpc) is 2.33. The molecule has 0 spiro atoms. The first-order valence-electron chi connectivity index (χ1n) is 2.97. The van der Waals surface area contributed by atoms with Crippen LogP contribution in [0, 0.1) is 0 Å². The van der Waals surface area contributed by atoms with E-state index in [0.29, 0.717) is 6.79 Å². The zero-order valence-corrected chi connectivity index (χ0v) is 5.68. The highest BCUT2D eigenvalue weighted by atomic mass is 16.7. The second kappa shape index (κ2) is 2.58. The minimum Gasteiger partial charge on any atom is -0.454 e. The van der Waals surface area contributed by atoms with E-state index in [1.54, 1.807) is 0 Å². The molecule has 0 amide bonds. The molecule has 0 bridgehead atoms. The minimum absolute atomic E-state index is 0.360. The fourth-order valence-electron chi connectivity index (χ4n) is 0.750. The van der Waals surface area contributed by atoms with Crippen LogP contribution in [0.25, 0.3) is 0 Å². The van der Waals surface area contributed by atoms with Gasteiger partial charge in [-0.15, -0.1) is 0 Å². The van der Waals surface area contributed by atoms with Crippen LogP contribution in [0.15, 0.2) is 23.7 Å². The Bertz CT molecular complexity index is 138. The molecule has 1 heterocycles. The summed E-state index contributed by atoms with van der Waals surface area (Å²) >= 11 is 0. The van der Waals surface area contributed by atoms with Gasteiger partial charge in [-0.05, 0) is 26.0 Å². The van der Waals surface area contributed by atoms with Gasteiger partial charge in [0.1, 0.15) is 0 Å². The summed E-state index contributed by atoms with van der Waals surface area (Å²) in [5.41, 5.74) is 0. The number of allylic oxidation sites excluding steroid dienone is 2. The Morgan fingerprint density at radius 3 is 1.89 bits per heavy atom. The van der Waals surface area contributed by atoms with Gasteiger partial charge in [0.15, 0.2) is 11.5 Å². The summed E-state index contributed by atoms with van der Waals surface area (Å²) in [5.74, 6) is 1.69. The molecule has 50 valence electrons. The Morgan fingerprint density at radius 2 is 1.56 bits per heavy atom. The van der Waals surface area contributed by atoms with E-state index in [0.717, 1.165) is 11.5 Å². The standard InChI is InChI=1S/C7H10O2/c1-3-6-7(4-2)9-5-8-6/h3-4H,5H2,1-2H3/b6-3-,7-4-. The van der Waals surface area contributed by atoms with Crippen molar-refractivity contribution >= 4 is 0 Å². The normalized spacial score (nSPS) is 26.4. The van der Waals surface area contributed by atoms with Crippen LogP contribution in [0.3, 0.4) is 0 Å². The van der Waals surface area contributed by atoms with Gasteiger partial charge in [0.25, 0.3) is 0 Å². The molecule has 0 saturated carbocycles. The van der Waals surface area contributed by atoms with E-state index in [9.17, 15) is 0 Å². The predicted octanol–water partition coefficient (Wildman–Crippen LogP) is 1.80. The van der Waals surface area contributed by atoms with E-state index < -0.39 is 0 Å². The largest absolute Gasteiger partial charge is 0.454 e. The van der Waals surface area contributed by atoms with Crippen LogP contribution in [0.1, 0.15) is 13.8 Å². The summed E-state index contributed by atoms with van der Waals surface area (Å²) in [6.07, 6.45) is 3.78. The number of hydrogen-bond acceptors (Lipinski definition) is 2. The van der Waals surface area contributed by atoms with Gasteiger partial charge in [0.05, 0.1) is 0 Å². The van der Waals surface area contributed by atoms with Crippen molar-refractivity contribution in [3.8, 4) is 0 Å². The lowest BCUT2D eigenvalue weighted by Gasteiger charge is -1.90. The number of ether oxygens (including phenoxy) is 2. The van der Waals surface area contributed by atoms with Crippen molar-refractivity contribution in [1.82, 2.24) is 0 Å². The molecule has 2 nitrogen and oxygen atoms in total. The van der Waals surface area contributed by atoms with Gasteiger partial charge in [-0.3, -0.25) is 0 Å². The van der Waals surface area contributed by atoms with Crippen LogP contribution in [-0.2, 0) is 9.47 Å². The van der Waals surface area contributed by atoms with Crippen LogP contribution >= 0.6 is 0 Å². The van der Waals surface area contributed by atoms with Crippen molar-refractivity contribution in [3.05, 3.63) is 23.7 Å². The van der Waals surface area contributed by atoms with Crippen LogP contribution < -0.4 is 0 Å². The molecule has 0 N–H and O–H groups in total. The van der Waals surface area contributed by atoms with Gasteiger partial charge in [-0.2, -0.15) is 0 Å². The maximum Gasteiger partial charge on any atom is 0.231 e. The molecule has 0 aromatic heterocycles. The molecule has 0 atom stereocenters. The van der Waals surface area contributed by atoms with Gasteiger partial charge in [0, 0.05) is 0 Å². The highest BCUT2D eigenvalue weighted by Crippen LogP contribution is 2.19. The molecule has 0 aliphatic carbocycles. The van der Waals surface area contributed by atoms with Crippen molar-refractivity contribution in [2.75, 3.05) is 6.79 Å². The summed E-state index contributed by atoms with van der Waals surface area (Å²) in [5, 5.41) is 0. The summed E-state index contributed by atoms with van der Waals surface area (Å²) in [7, 11) is 0. The van der Waals surface area contributed by atoms with E-state index in [2.05, 4.69) is 0 Å². The maximum atomic E-state index is 5.08. The summed E-state index contributed by atoms with van der Waals surface area (Å²) in [4.78, 5) is 0. The maximum absolute atomic E-state index is 5.08. The van der Waals surface area contributed by atoms with Gasteiger partial charge >= 0.3 is 0 Å². The topological polar surface area (TPSA) is 18.5 Å². The van der Waals surface area contributed by atoms with E-state index in [1.165, 1.54) is 0 Å². The van der Waals surface area contributed by atoms with Crippen LogP contribution in [0.4, 0.5) is 0 Å². The molecular formula is C7H10O2. The lowest BCUT2D eigenvalue weighted by atomic mass is 10.4. The van der Waals surface area contributed by atoms with E-state index in [1.807, 2.05) is 26.0 Å². The zero-order valence-electron chi connectivity index (χ0n) is 5.68. The lowest BCUT2D eigenvalue weighted by molar-refractivity contribution is 0.0975. The molecule has 0 radical (unpaired) electrons. The molecule has 0 aromatic carbocycles. The third kappa shape index (κ3) is 1.07. The summed E-state index contributed by atoms with van der Waals surface area (Å²) in [6, 6.07) is 0. The second-order valence-electron chi connectivity index (χ2n) is 1.71. The van der Waals surface area contributed by atoms with Crippen molar-refractivity contribution in [2.45, 2.75) is 13.8 Å². The third-order valence-electron chi connectivity index (χ3n) is 1.20.